The predicted molar refractivity (Wildman–Crippen MR) is 165 cm³/mol. The highest BCUT2D eigenvalue weighted by atomic mass is 32.2. The van der Waals surface area contributed by atoms with Gasteiger partial charge in [-0.2, -0.15) is 0 Å². The van der Waals surface area contributed by atoms with E-state index in [1.807, 2.05) is 25.1 Å². The van der Waals surface area contributed by atoms with E-state index in [9.17, 15) is 4.79 Å². The Kier molecular flexibility index (Phi) is 7.40. The lowest BCUT2D eigenvalue weighted by Crippen LogP contribution is -2.22. The van der Waals surface area contributed by atoms with Crippen LogP contribution in [0.15, 0.2) is 158 Å². The molecule has 0 aliphatic rings. The quantitative estimate of drug-likeness (QED) is 0.161. The Labute approximate surface area is 236 Å². The summed E-state index contributed by atoms with van der Waals surface area (Å²) in [6.07, 6.45) is 0. The Bertz CT molecular complexity index is 1780. The first-order valence-corrected chi connectivity index (χ1v) is 15.1. The minimum atomic E-state index is -0.421. The van der Waals surface area contributed by atoms with Crippen LogP contribution < -0.4 is 5.32 Å². The third-order valence-electron chi connectivity index (χ3n) is 6.62. The van der Waals surface area contributed by atoms with Crippen LogP contribution in [0.4, 0.5) is 0 Å². The molecule has 0 spiro atoms. The van der Waals surface area contributed by atoms with Gasteiger partial charge in [0.1, 0.15) is 10.9 Å². The third kappa shape index (κ3) is 5.44. The summed E-state index contributed by atoms with van der Waals surface area (Å²) in [5.74, 6) is -0.0418. The Balaban J connectivity index is 1.53. The van der Waals surface area contributed by atoms with Gasteiger partial charge in [-0.3, -0.25) is 4.79 Å². The molecule has 1 N–H and O–H groups in total. The molecule has 0 saturated carbocycles. The predicted octanol–water partition coefficient (Wildman–Crippen LogP) is 8.99. The second-order valence-electron chi connectivity index (χ2n) is 9.26. The van der Waals surface area contributed by atoms with Crippen molar-refractivity contribution in [1.82, 2.24) is 5.32 Å². The zero-order valence-electron chi connectivity index (χ0n) is 21.6. The van der Waals surface area contributed by atoms with Crippen LogP contribution in [0.25, 0.3) is 21.5 Å². The van der Waals surface area contributed by atoms with Crippen LogP contribution in [0.5, 0.6) is 0 Å². The summed E-state index contributed by atoms with van der Waals surface area (Å²) in [6.45, 7) is 2.55. The molecule has 6 aromatic carbocycles. The second kappa shape index (κ2) is 11.4. The molecule has 1 amide bonds. The molecule has 0 aliphatic heterocycles. The van der Waals surface area contributed by atoms with Crippen molar-refractivity contribution in [3.05, 3.63) is 139 Å². The van der Waals surface area contributed by atoms with Gasteiger partial charge in [0, 0.05) is 29.1 Å². The van der Waals surface area contributed by atoms with Crippen molar-refractivity contribution < 1.29 is 4.79 Å². The van der Waals surface area contributed by atoms with Gasteiger partial charge in [-0.05, 0) is 89.1 Å². The molecule has 4 heteroatoms. The molecule has 2 nitrogen and oxygen atoms in total. The van der Waals surface area contributed by atoms with Crippen molar-refractivity contribution in [2.75, 3.05) is 6.54 Å². The van der Waals surface area contributed by atoms with Crippen molar-refractivity contribution in [1.29, 1.82) is 0 Å². The number of hydrogen-bond acceptors (Lipinski definition) is 2. The fraction of sp³-hybridized carbons (Fsp3) is 0.0571. The number of hydrogen-bond donors (Lipinski definition) is 1. The molecule has 0 bridgehead atoms. The van der Waals surface area contributed by atoms with Crippen LogP contribution in [0, 0.1) is 0 Å². The third-order valence-corrected chi connectivity index (χ3v) is 10.1. The minimum absolute atomic E-state index is 0.0418. The molecule has 39 heavy (non-hydrogen) atoms. The first kappa shape index (κ1) is 25.3. The Morgan fingerprint density at radius 3 is 2.10 bits per heavy atom. The van der Waals surface area contributed by atoms with Crippen LogP contribution in [0.1, 0.15) is 17.3 Å². The highest BCUT2D eigenvalue weighted by Crippen LogP contribution is 2.40. The van der Waals surface area contributed by atoms with Gasteiger partial charge in [-0.15, -0.1) is 0 Å². The van der Waals surface area contributed by atoms with Crippen LogP contribution >= 0.6 is 11.8 Å². The maximum absolute atomic E-state index is 12.8. The van der Waals surface area contributed by atoms with E-state index in [0.29, 0.717) is 12.1 Å². The average Bonchev–Trinajstić information content (AvgIpc) is 2.98. The highest BCUT2D eigenvalue weighted by molar-refractivity contribution is 8.01. The van der Waals surface area contributed by atoms with Gasteiger partial charge in [0.2, 0.25) is 0 Å². The molecule has 0 aliphatic carbocycles. The van der Waals surface area contributed by atoms with Gasteiger partial charge in [-0.1, -0.05) is 72.4 Å². The molecule has 6 aromatic rings. The van der Waals surface area contributed by atoms with Gasteiger partial charge >= 0.3 is 0 Å². The van der Waals surface area contributed by atoms with E-state index in [4.69, 9.17) is 0 Å². The molecule has 0 heterocycles. The maximum Gasteiger partial charge on any atom is 0.251 e. The standard InChI is InChI=1S/C35H27NOS2/c1-2-36-35(37)28-13-10-16-31(23-28)39(34-18-9-8-17-33(34)38-30-14-4-3-5-15-30)32-20-19-27-21-25-11-6-7-12-26(25)22-29(27)24-32/h3-24H,2H2,1H3/p+1. The summed E-state index contributed by atoms with van der Waals surface area (Å²) in [7, 11) is -0.421. The number of fused-ring (bicyclic) bond motifs is 2. The molecule has 1 atom stereocenters. The molecule has 6 rings (SSSR count). The van der Waals surface area contributed by atoms with E-state index in [1.54, 1.807) is 11.8 Å². The van der Waals surface area contributed by atoms with Crippen LogP contribution in [-0.2, 0) is 10.9 Å². The van der Waals surface area contributed by atoms with E-state index in [2.05, 4.69) is 121 Å². The summed E-state index contributed by atoms with van der Waals surface area (Å²) in [5.41, 5.74) is 0.687. The lowest BCUT2D eigenvalue weighted by Gasteiger charge is -2.13. The lowest BCUT2D eigenvalue weighted by atomic mass is 10.0. The molecule has 0 saturated heterocycles. The van der Waals surface area contributed by atoms with Crippen molar-refractivity contribution in [2.45, 2.75) is 31.4 Å². The molecular formula is C35H28NOS2+. The average molecular weight is 543 g/mol. The van der Waals surface area contributed by atoms with Gasteiger partial charge in [-0.25, -0.2) is 0 Å². The summed E-state index contributed by atoms with van der Waals surface area (Å²) in [4.78, 5) is 18.8. The molecule has 0 fully saturated rings. The number of benzene rings is 6. The molecule has 190 valence electrons. The smallest absolute Gasteiger partial charge is 0.251 e. The summed E-state index contributed by atoms with van der Waals surface area (Å²) in [5, 5.41) is 7.88. The molecular weight excluding hydrogens is 515 g/mol. The minimum Gasteiger partial charge on any atom is -0.352 e. The first-order chi connectivity index (χ1) is 19.2. The van der Waals surface area contributed by atoms with E-state index < -0.39 is 10.9 Å². The highest BCUT2D eigenvalue weighted by Gasteiger charge is 2.32. The van der Waals surface area contributed by atoms with Crippen LogP contribution in [0.2, 0.25) is 0 Å². The molecule has 1 unspecified atom stereocenters. The van der Waals surface area contributed by atoms with Crippen molar-refractivity contribution in [3.8, 4) is 0 Å². The number of carbonyl (C=O) groups is 1. The fourth-order valence-electron chi connectivity index (χ4n) is 4.78. The summed E-state index contributed by atoms with van der Waals surface area (Å²) >= 11 is 1.78. The summed E-state index contributed by atoms with van der Waals surface area (Å²) < 4.78 is 0. The van der Waals surface area contributed by atoms with Crippen molar-refractivity contribution in [3.63, 3.8) is 0 Å². The van der Waals surface area contributed by atoms with Gasteiger partial charge in [0.15, 0.2) is 14.7 Å². The van der Waals surface area contributed by atoms with Gasteiger partial charge in [0.25, 0.3) is 5.91 Å². The lowest BCUT2D eigenvalue weighted by molar-refractivity contribution is 0.0955. The normalized spacial score (nSPS) is 11.9. The van der Waals surface area contributed by atoms with E-state index in [-0.39, 0.29) is 5.91 Å². The zero-order chi connectivity index (χ0) is 26.6. The van der Waals surface area contributed by atoms with Gasteiger partial charge in [0.05, 0.1) is 4.90 Å². The summed E-state index contributed by atoms with van der Waals surface area (Å²) in [6, 6.07) is 47.1. The number of carbonyl (C=O) groups excluding carboxylic acids is 1. The maximum atomic E-state index is 12.8. The molecule has 0 radical (unpaired) electrons. The number of rotatable bonds is 7. The van der Waals surface area contributed by atoms with Crippen LogP contribution in [-0.4, -0.2) is 12.5 Å². The Morgan fingerprint density at radius 2 is 1.31 bits per heavy atom. The fourth-order valence-corrected chi connectivity index (χ4v) is 8.19. The first-order valence-electron chi connectivity index (χ1n) is 13.1. The van der Waals surface area contributed by atoms with Gasteiger partial charge < -0.3 is 5.32 Å². The Morgan fingerprint density at radius 1 is 0.641 bits per heavy atom. The van der Waals surface area contributed by atoms with Crippen molar-refractivity contribution >= 4 is 50.1 Å². The SMILES string of the molecule is CCNC(=O)c1cccc([S+](c2ccc3cc4ccccc4cc3c2)c2ccccc2Sc2ccccc2)c1. The van der Waals surface area contributed by atoms with E-state index in [0.717, 1.165) is 4.90 Å². The van der Waals surface area contributed by atoms with Crippen molar-refractivity contribution in [2.24, 2.45) is 0 Å². The number of nitrogens with one attached hydrogen (secondary N) is 1. The van der Waals surface area contributed by atoms with E-state index >= 15 is 0 Å². The second-order valence-corrected chi connectivity index (χ2v) is 12.4. The topological polar surface area (TPSA) is 29.1 Å². The van der Waals surface area contributed by atoms with Crippen LogP contribution in [0.3, 0.4) is 0 Å². The molecule has 0 aromatic heterocycles. The van der Waals surface area contributed by atoms with E-state index in [1.165, 1.54) is 41.1 Å². The largest absolute Gasteiger partial charge is 0.352 e. The Hall–Kier alpha value is -3.99. The number of amides is 1. The monoisotopic (exact) mass is 542 g/mol. The zero-order valence-corrected chi connectivity index (χ0v) is 23.3.